The first-order valence-corrected chi connectivity index (χ1v) is 7.10. The molecule has 5 nitrogen and oxygen atoms in total. The Balaban J connectivity index is 2.42. The molecule has 5 heteroatoms. The van der Waals surface area contributed by atoms with Crippen LogP contribution in [0, 0.1) is 5.41 Å². The molecule has 0 saturated heterocycles. The van der Waals surface area contributed by atoms with Crippen LogP contribution in [0.5, 0.6) is 0 Å². The summed E-state index contributed by atoms with van der Waals surface area (Å²) in [5.41, 5.74) is 7.50. The molecule has 0 aromatic heterocycles. The van der Waals surface area contributed by atoms with E-state index in [-0.39, 0.29) is 17.2 Å². The molecule has 2 amide bonds. The van der Waals surface area contributed by atoms with E-state index in [2.05, 4.69) is 10.6 Å². The molecule has 0 bridgehead atoms. The Morgan fingerprint density at radius 2 is 1.76 bits per heavy atom. The second kappa shape index (κ2) is 7.22. The van der Waals surface area contributed by atoms with Crippen molar-refractivity contribution in [2.75, 3.05) is 11.9 Å². The second-order valence-corrected chi connectivity index (χ2v) is 6.26. The third kappa shape index (κ3) is 5.95. The monoisotopic (exact) mass is 291 g/mol. The molecule has 116 valence electrons. The minimum atomic E-state index is -0.514. The highest BCUT2D eigenvalue weighted by Crippen LogP contribution is 2.17. The van der Waals surface area contributed by atoms with Crippen molar-refractivity contribution in [3.05, 3.63) is 29.8 Å². The van der Waals surface area contributed by atoms with Crippen LogP contribution in [0.4, 0.5) is 5.69 Å². The topological polar surface area (TPSA) is 84.2 Å². The fourth-order valence-corrected chi connectivity index (χ4v) is 1.79. The summed E-state index contributed by atoms with van der Waals surface area (Å²) in [6.07, 6.45) is 0.725. The Morgan fingerprint density at radius 3 is 2.24 bits per heavy atom. The summed E-state index contributed by atoms with van der Waals surface area (Å²) in [6.45, 7) is 7.85. The van der Waals surface area contributed by atoms with Gasteiger partial charge >= 0.3 is 0 Å². The van der Waals surface area contributed by atoms with E-state index >= 15 is 0 Å². The maximum atomic E-state index is 11.9. The van der Waals surface area contributed by atoms with Gasteiger partial charge in [0, 0.05) is 19.2 Å². The first-order chi connectivity index (χ1) is 9.70. The first-order valence-electron chi connectivity index (χ1n) is 7.10. The Labute approximate surface area is 126 Å². The quantitative estimate of drug-likeness (QED) is 0.771. The lowest BCUT2D eigenvalue weighted by Crippen LogP contribution is -2.48. The standard InChI is InChI=1S/C16H25N3O2/c1-11(20)19-13-7-5-12(6-8-13)9-10-18-15(21)14(17)16(2,3)4/h5-8,14H,9-10,17H2,1-4H3,(H,18,21)(H,19,20)/t14-/m1/s1. The van der Waals surface area contributed by atoms with Crippen molar-refractivity contribution < 1.29 is 9.59 Å². The van der Waals surface area contributed by atoms with Gasteiger partial charge in [-0.3, -0.25) is 9.59 Å². The number of amides is 2. The van der Waals surface area contributed by atoms with Gasteiger partial charge in [-0.1, -0.05) is 32.9 Å². The van der Waals surface area contributed by atoms with Gasteiger partial charge in [-0.15, -0.1) is 0 Å². The van der Waals surface area contributed by atoms with Crippen molar-refractivity contribution in [1.29, 1.82) is 0 Å². The van der Waals surface area contributed by atoms with E-state index in [1.54, 1.807) is 0 Å². The minimum absolute atomic E-state index is 0.0915. The van der Waals surface area contributed by atoms with Crippen molar-refractivity contribution in [2.45, 2.75) is 40.2 Å². The molecule has 0 unspecified atom stereocenters. The molecule has 0 saturated carbocycles. The normalized spacial score (nSPS) is 12.6. The smallest absolute Gasteiger partial charge is 0.237 e. The molecule has 1 aromatic rings. The molecule has 0 radical (unpaired) electrons. The van der Waals surface area contributed by atoms with E-state index < -0.39 is 6.04 Å². The van der Waals surface area contributed by atoms with Crippen LogP contribution in [0.15, 0.2) is 24.3 Å². The second-order valence-electron chi connectivity index (χ2n) is 6.26. The minimum Gasteiger partial charge on any atom is -0.354 e. The van der Waals surface area contributed by atoms with Crippen molar-refractivity contribution in [3.8, 4) is 0 Å². The van der Waals surface area contributed by atoms with Crippen LogP contribution >= 0.6 is 0 Å². The molecule has 0 aliphatic carbocycles. The van der Waals surface area contributed by atoms with Gasteiger partial charge in [0.1, 0.15) is 0 Å². The highest BCUT2D eigenvalue weighted by molar-refractivity contribution is 5.88. The predicted molar refractivity (Wildman–Crippen MR) is 84.9 cm³/mol. The van der Waals surface area contributed by atoms with Gasteiger partial charge in [-0.05, 0) is 29.5 Å². The van der Waals surface area contributed by atoms with E-state index in [0.717, 1.165) is 17.7 Å². The summed E-state index contributed by atoms with van der Waals surface area (Å²) in [5.74, 6) is -0.219. The summed E-state index contributed by atoms with van der Waals surface area (Å²) in [7, 11) is 0. The number of anilines is 1. The average molecular weight is 291 g/mol. The van der Waals surface area contributed by atoms with Crippen molar-refractivity contribution in [1.82, 2.24) is 5.32 Å². The van der Waals surface area contributed by atoms with E-state index in [9.17, 15) is 9.59 Å². The Kier molecular flexibility index (Phi) is 5.90. The third-order valence-corrected chi connectivity index (χ3v) is 3.20. The summed E-state index contributed by atoms with van der Waals surface area (Å²) >= 11 is 0. The van der Waals surface area contributed by atoms with Crippen LogP contribution in [0.2, 0.25) is 0 Å². The van der Waals surface area contributed by atoms with Gasteiger partial charge < -0.3 is 16.4 Å². The molecule has 21 heavy (non-hydrogen) atoms. The SMILES string of the molecule is CC(=O)Nc1ccc(CCNC(=O)[C@@H](N)C(C)(C)C)cc1. The summed E-state index contributed by atoms with van der Waals surface area (Å²) in [4.78, 5) is 22.8. The lowest BCUT2D eigenvalue weighted by Gasteiger charge is -2.25. The predicted octanol–water partition coefficient (Wildman–Crippen LogP) is 1.68. The van der Waals surface area contributed by atoms with E-state index in [1.165, 1.54) is 6.92 Å². The molecule has 1 atom stereocenters. The van der Waals surface area contributed by atoms with Crippen LogP contribution in [0.1, 0.15) is 33.3 Å². The zero-order chi connectivity index (χ0) is 16.0. The number of hydrogen-bond donors (Lipinski definition) is 3. The van der Waals surface area contributed by atoms with Gasteiger partial charge in [0.2, 0.25) is 11.8 Å². The maximum absolute atomic E-state index is 11.9. The number of carbonyl (C=O) groups is 2. The highest BCUT2D eigenvalue weighted by atomic mass is 16.2. The van der Waals surface area contributed by atoms with Gasteiger partial charge in [-0.25, -0.2) is 0 Å². The van der Waals surface area contributed by atoms with Gasteiger partial charge in [0.05, 0.1) is 6.04 Å². The van der Waals surface area contributed by atoms with Crippen molar-refractivity contribution in [2.24, 2.45) is 11.1 Å². The molecular weight excluding hydrogens is 266 g/mol. The van der Waals surface area contributed by atoms with E-state index in [1.807, 2.05) is 45.0 Å². The van der Waals surface area contributed by atoms with Gasteiger partial charge in [0.25, 0.3) is 0 Å². The number of carbonyl (C=O) groups excluding carboxylic acids is 2. The van der Waals surface area contributed by atoms with E-state index in [0.29, 0.717) is 6.54 Å². The fourth-order valence-electron chi connectivity index (χ4n) is 1.79. The number of hydrogen-bond acceptors (Lipinski definition) is 3. The molecule has 0 spiro atoms. The van der Waals surface area contributed by atoms with Gasteiger partial charge in [-0.2, -0.15) is 0 Å². The Morgan fingerprint density at radius 1 is 1.19 bits per heavy atom. The average Bonchev–Trinajstić information content (AvgIpc) is 2.38. The number of nitrogens with two attached hydrogens (primary N) is 1. The molecule has 0 aliphatic heterocycles. The molecule has 0 heterocycles. The number of rotatable bonds is 5. The molecule has 1 rings (SSSR count). The van der Waals surface area contributed by atoms with Gasteiger partial charge in [0.15, 0.2) is 0 Å². The Hall–Kier alpha value is -1.88. The molecule has 1 aromatic carbocycles. The Bertz CT molecular complexity index is 489. The summed E-state index contributed by atoms with van der Waals surface area (Å²) in [5, 5.41) is 5.56. The van der Waals surface area contributed by atoms with Crippen molar-refractivity contribution >= 4 is 17.5 Å². The lowest BCUT2D eigenvalue weighted by atomic mass is 9.87. The molecule has 0 aliphatic rings. The molecule has 4 N–H and O–H groups in total. The van der Waals surface area contributed by atoms with Crippen LogP contribution < -0.4 is 16.4 Å². The maximum Gasteiger partial charge on any atom is 0.237 e. The summed E-state index contributed by atoms with van der Waals surface area (Å²) < 4.78 is 0. The number of nitrogens with one attached hydrogen (secondary N) is 2. The third-order valence-electron chi connectivity index (χ3n) is 3.20. The van der Waals surface area contributed by atoms with Crippen LogP contribution in [0.25, 0.3) is 0 Å². The molecular formula is C16H25N3O2. The van der Waals surface area contributed by atoms with Crippen LogP contribution in [-0.2, 0) is 16.0 Å². The zero-order valence-electron chi connectivity index (χ0n) is 13.2. The number of benzene rings is 1. The molecule has 0 fully saturated rings. The van der Waals surface area contributed by atoms with Crippen molar-refractivity contribution in [3.63, 3.8) is 0 Å². The fraction of sp³-hybridized carbons (Fsp3) is 0.500. The lowest BCUT2D eigenvalue weighted by molar-refractivity contribution is -0.124. The van der Waals surface area contributed by atoms with Crippen LogP contribution in [0.3, 0.4) is 0 Å². The highest BCUT2D eigenvalue weighted by Gasteiger charge is 2.26. The largest absolute Gasteiger partial charge is 0.354 e. The van der Waals surface area contributed by atoms with E-state index in [4.69, 9.17) is 5.73 Å². The summed E-state index contributed by atoms with van der Waals surface area (Å²) in [6, 6.07) is 7.04. The zero-order valence-corrected chi connectivity index (χ0v) is 13.2. The van der Waals surface area contributed by atoms with Crippen LogP contribution in [-0.4, -0.2) is 24.4 Å². The first kappa shape index (κ1) is 17.2.